The number of nitrogens with zero attached hydrogens (tertiary/aromatic N) is 2. The number of carboxylic acid groups (broad SMARTS) is 1. The van der Waals surface area contributed by atoms with Gasteiger partial charge in [-0.1, -0.05) is 18.2 Å². The zero-order valence-electron chi connectivity index (χ0n) is 13.5. The van der Waals surface area contributed by atoms with Crippen molar-refractivity contribution in [2.75, 3.05) is 13.1 Å². The second kappa shape index (κ2) is 6.51. The van der Waals surface area contributed by atoms with E-state index in [1.165, 1.54) is 4.90 Å². The van der Waals surface area contributed by atoms with E-state index < -0.39 is 24.0 Å². The Kier molecular flexibility index (Phi) is 4.55. The molecule has 0 aliphatic carbocycles. The van der Waals surface area contributed by atoms with Gasteiger partial charge >= 0.3 is 12.1 Å². The fourth-order valence-corrected chi connectivity index (χ4v) is 3.09. The highest BCUT2D eigenvalue weighted by Crippen LogP contribution is 2.38. The number of alkyl halides is 3. The van der Waals surface area contributed by atoms with Crippen molar-refractivity contribution >= 4 is 5.97 Å². The van der Waals surface area contributed by atoms with Gasteiger partial charge in [0.1, 0.15) is 5.76 Å². The van der Waals surface area contributed by atoms with Gasteiger partial charge in [-0.3, -0.25) is 9.69 Å². The molecule has 1 aromatic heterocycles. The maximum absolute atomic E-state index is 13.1. The molecule has 0 spiro atoms. The standard InChI is InChI=1S/C17H17F3N2O3/c1-10-14(21-15(25-10)11-5-3-2-4-6-11)9-22-7-12(16(23)24)13(8-22)17(18,19)20/h2-6,12-13H,7-9H2,1H3,(H,23,24)/t12-,13-/m1/s1. The van der Waals surface area contributed by atoms with Crippen molar-refractivity contribution in [3.05, 3.63) is 41.8 Å². The Morgan fingerprint density at radius 1 is 1.32 bits per heavy atom. The number of likely N-dealkylation sites (tertiary alicyclic amines) is 1. The van der Waals surface area contributed by atoms with E-state index in [1.807, 2.05) is 30.3 Å². The normalized spacial score (nSPS) is 21.6. The van der Waals surface area contributed by atoms with E-state index in [1.54, 1.807) is 6.92 Å². The van der Waals surface area contributed by atoms with Crippen LogP contribution in [0.5, 0.6) is 0 Å². The van der Waals surface area contributed by atoms with Crippen LogP contribution in [0.25, 0.3) is 11.5 Å². The highest BCUT2D eigenvalue weighted by molar-refractivity contribution is 5.71. The van der Waals surface area contributed by atoms with Crippen molar-refractivity contribution in [1.82, 2.24) is 9.88 Å². The second-order valence-electron chi connectivity index (χ2n) is 6.17. The molecule has 2 atom stereocenters. The van der Waals surface area contributed by atoms with Crippen LogP contribution < -0.4 is 0 Å². The van der Waals surface area contributed by atoms with E-state index in [-0.39, 0.29) is 19.6 Å². The number of halogens is 3. The van der Waals surface area contributed by atoms with Crippen LogP contribution in [0, 0.1) is 18.8 Å². The van der Waals surface area contributed by atoms with Crippen LogP contribution in [0.4, 0.5) is 13.2 Å². The molecule has 5 nitrogen and oxygen atoms in total. The number of rotatable bonds is 4. The van der Waals surface area contributed by atoms with E-state index >= 15 is 0 Å². The largest absolute Gasteiger partial charge is 0.481 e. The summed E-state index contributed by atoms with van der Waals surface area (Å²) in [6.07, 6.45) is -4.54. The SMILES string of the molecule is Cc1oc(-c2ccccc2)nc1CN1C[C@@H](C(F)(F)F)[C@H](C(=O)O)C1. The van der Waals surface area contributed by atoms with Gasteiger partial charge in [-0.2, -0.15) is 13.2 Å². The summed E-state index contributed by atoms with van der Waals surface area (Å²) >= 11 is 0. The van der Waals surface area contributed by atoms with Gasteiger partial charge in [0.15, 0.2) is 0 Å². The van der Waals surface area contributed by atoms with Gasteiger partial charge in [0, 0.05) is 25.2 Å². The molecule has 8 heteroatoms. The lowest BCUT2D eigenvalue weighted by Gasteiger charge is -2.18. The Morgan fingerprint density at radius 3 is 2.56 bits per heavy atom. The number of aryl methyl sites for hydroxylation is 1. The average Bonchev–Trinajstić information content (AvgIpc) is 3.13. The smallest absolute Gasteiger partial charge is 0.393 e. The van der Waals surface area contributed by atoms with Crippen LogP contribution >= 0.6 is 0 Å². The second-order valence-corrected chi connectivity index (χ2v) is 6.17. The number of aliphatic carboxylic acids is 1. The van der Waals surface area contributed by atoms with Gasteiger partial charge in [-0.05, 0) is 19.1 Å². The molecular weight excluding hydrogens is 337 g/mol. The van der Waals surface area contributed by atoms with Gasteiger partial charge in [0.25, 0.3) is 0 Å². The molecule has 3 rings (SSSR count). The number of hydrogen-bond donors (Lipinski definition) is 1. The van der Waals surface area contributed by atoms with E-state index in [0.717, 1.165) is 5.56 Å². The first-order valence-corrected chi connectivity index (χ1v) is 7.79. The Labute approximate surface area is 142 Å². The zero-order chi connectivity index (χ0) is 18.2. The van der Waals surface area contributed by atoms with E-state index in [0.29, 0.717) is 17.3 Å². The molecule has 0 bridgehead atoms. The van der Waals surface area contributed by atoms with Crippen LogP contribution in [0.1, 0.15) is 11.5 Å². The molecular formula is C17H17F3N2O3. The Hall–Kier alpha value is -2.35. The Bertz CT molecular complexity index is 758. The van der Waals surface area contributed by atoms with Crippen molar-refractivity contribution in [2.45, 2.75) is 19.6 Å². The predicted molar refractivity (Wildman–Crippen MR) is 82.6 cm³/mol. The molecule has 1 N–H and O–H groups in total. The van der Waals surface area contributed by atoms with Crippen LogP contribution in [0.15, 0.2) is 34.7 Å². The monoisotopic (exact) mass is 354 g/mol. The summed E-state index contributed by atoms with van der Waals surface area (Å²) in [5.74, 6) is -3.84. The van der Waals surface area contributed by atoms with Gasteiger partial charge in [0.2, 0.25) is 5.89 Å². The first kappa shape index (κ1) is 17.5. The summed E-state index contributed by atoms with van der Waals surface area (Å²) in [6.45, 7) is 1.30. The molecule has 2 heterocycles. The van der Waals surface area contributed by atoms with Crippen molar-refractivity contribution in [3.8, 4) is 11.5 Å². The maximum atomic E-state index is 13.1. The number of carboxylic acids is 1. The lowest BCUT2D eigenvalue weighted by atomic mass is 9.96. The topological polar surface area (TPSA) is 66.6 Å². The van der Waals surface area contributed by atoms with Crippen molar-refractivity contribution in [2.24, 2.45) is 11.8 Å². The molecule has 1 fully saturated rings. The molecule has 0 amide bonds. The summed E-state index contributed by atoms with van der Waals surface area (Å²) in [5.41, 5.74) is 1.29. The molecule has 0 saturated carbocycles. The van der Waals surface area contributed by atoms with Crippen LogP contribution in [-0.2, 0) is 11.3 Å². The third kappa shape index (κ3) is 3.68. The zero-order valence-corrected chi connectivity index (χ0v) is 13.5. The lowest BCUT2D eigenvalue weighted by Crippen LogP contribution is -2.33. The predicted octanol–water partition coefficient (Wildman–Crippen LogP) is 3.34. The minimum atomic E-state index is -4.54. The first-order chi connectivity index (χ1) is 11.8. The molecule has 0 unspecified atom stereocenters. The minimum absolute atomic E-state index is 0.124. The van der Waals surface area contributed by atoms with E-state index in [4.69, 9.17) is 9.52 Å². The third-order valence-electron chi connectivity index (χ3n) is 4.42. The van der Waals surface area contributed by atoms with Gasteiger partial charge in [-0.15, -0.1) is 0 Å². The Balaban J connectivity index is 1.77. The number of aromatic nitrogens is 1. The van der Waals surface area contributed by atoms with Gasteiger partial charge in [-0.25, -0.2) is 4.98 Å². The lowest BCUT2D eigenvalue weighted by molar-refractivity contribution is -0.188. The number of benzene rings is 1. The highest BCUT2D eigenvalue weighted by Gasteiger charge is 2.52. The molecule has 1 aliphatic heterocycles. The molecule has 2 aromatic rings. The molecule has 1 aromatic carbocycles. The summed E-state index contributed by atoms with van der Waals surface area (Å²) in [5, 5.41) is 9.08. The van der Waals surface area contributed by atoms with E-state index in [9.17, 15) is 18.0 Å². The third-order valence-corrected chi connectivity index (χ3v) is 4.42. The van der Waals surface area contributed by atoms with Crippen molar-refractivity contribution in [3.63, 3.8) is 0 Å². The molecule has 0 radical (unpaired) electrons. The van der Waals surface area contributed by atoms with Crippen LogP contribution in [-0.4, -0.2) is 40.2 Å². The fourth-order valence-electron chi connectivity index (χ4n) is 3.09. The van der Waals surface area contributed by atoms with Gasteiger partial charge < -0.3 is 9.52 Å². The first-order valence-electron chi connectivity index (χ1n) is 7.79. The maximum Gasteiger partial charge on any atom is 0.393 e. The van der Waals surface area contributed by atoms with Crippen LogP contribution in [0.3, 0.4) is 0 Å². The number of carbonyl (C=O) groups is 1. The van der Waals surface area contributed by atoms with E-state index in [2.05, 4.69) is 4.98 Å². The Morgan fingerprint density at radius 2 is 2.00 bits per heavy atom. The van der Waals surface area contributed by atoms with Crippen molar-refractivity contribution < 1.29 is 27.5 Å². The summed E-state index contributed by atoms with van der Waals surface area (Å²) in [6, 6.07) is 9.17. The number of hydrogen-bond acceptors (Lipinski definition) is 4. The molecule has 1 saturated heterocycles. The summed E-state index contributed by atoms with van der Waals surface area (Å²) in [7, 11) is 0. The van der Waals surface area contributed by atoms with Crippen molar-refractivity contribution in [1.29, 1.82) is 0 Å². The quantitative estimate of drug-likeness (QED) is 0.912. The number of oxazole rings is 1. The van der Waals surface area contributed by atoms with Crippen LogP contribution in [0.2, 0.25) is 0 Å². The molecule has 1 aliphatic rings. The summed E-state index contributed by atoms with van der Waals surface area (Å²) < 4.78 is 44.8. The summed E-state index contributed by atoms with van der Waals surface area (Å²) in [4.78, 5) is 17.0. The average molecular weight is 354 g/mol. The fraction of sp³-hybridized carbons (Fsp3) is 0.412. The van der Waals surface area contributed by atoms with Gasteiger partial charge in [0.05, 0.1) is 17.5 Å². The molecule has 134 valence electrons. The highest BCUT2D eigenvalue weighted by atomic mass is 19.4. The molecule has 25 heavy (non-hydrogen) atoms. The minimum Gasteiger partial charge on any atom is -0.481 e.